The second-order valence-corrected chi connectivity index (χ2v) is 7.36. The first-order valence-electron chi connectivity index (χ1n) is 9.72. The van der Waals surface area contributed by atoms with Gasteiger partial charge in [0, 0.05) is 25.4 Å². The predicted molar refractivity (Wildman–Crippen MR) is 112 cm³/mol. The van der Waals surface area contributed by atoms with Crippen LogP contribution in [0.3, 0.4) is 0 Å². The number of rotatable bonds is 5. The molecule has 1 amide bonds. The Morgan fingerprint density at radius 2 is 1.86 bits per heavy atom. The van der Waals surface area contributed by atoms with Gasteiger partial charge in [-0.2, -0.15) is 0 Å². The van der Waals surface area contributed by atoms with Gasteiger partial charge in [-0.3, -0.25) is 19.3 Å². The molecule has 156 valence electrons. The van der Waals surface area contributed by atoms with Crippen molar-refractivity contribution in [3.05, 3.63) is 70.1 Å². The third-order valence-corrected chi connectivity index (χ3v) is 5.26. The van der Waals surface area contributed by atoms with Crippen LogP contribution in [0.1, 0.15) is 29.9 Å². The van der Waals surface area contributed by atoms with Crippen molar-refractivity contribution in [1.29, 1.82) is 0 Å². The Morgan fingerprint density at radius 3 is 2.41 bits per heavy atom. The summed E-state index contributed by atoms with van der Waals surface area (Å²) in [5, 5.41) is 6.89. The van der Waals surface area contributed by atoms with E-state index in [1.165, 1.54) is 5.56 Å². The number of likely N-dealkylation sites (N-methyl/N-ethyl adjacent to an activating group) is 1. The third kappa shape index (κ3) is 6.57. The van der Waals surface area contributed by atoms with Crippen LogP contribution in [-0.4, -0.2) is 65.5 Å². The number of carboxylic acid groups (broad SMARTS) is 1. The maximum atomic E-state index is 13.1. The van der Waals surface area contributed by atoms with Gasteiger partial charge < -0.3 is 15.0 Å². The van der Waals surface area contributed by atoms with Gasteiger partial charge in [0.2, 0.25) is 11.5 Å². The summed E-state index contributed by atoms with van der Waals surface area (Å²) in [4.78, 5) is 39.6. The van der Waals surface area contributed by atoms with E-state index >= 15 is 0 Å². The first-order valence-corrected chi connectivity index (χ1v) is 9.72. The molecule has 1 atom stereocenters. The van der Waals surface area contributed by atoms with Crippen LogP contribution in [0.15, 0.2) is 53.5 Å². The largest absolute Gasteiger partial charge is 0.483 e. The van der Waals surface area contributed by atoms with E-state index in [0.717, 1.165) is 37.9 Å². The molecule has 2 heterocycles. The van der Waals surface area contributed by atoms with Gasteiger partial charge in [0.25, 0.3) is 6.47 Å². The average Bonchev–Trinajstić information content (AvgIpc) is 2.73. The lowest BCUT2D eigenvalue weighted by atomic mass is 9.89. The molecule has 0 bridgehead atoms. The molecule has 1 fully saturated rings. The zero-order valence-corrected chi connectivity index (χ0v) is 17.0. The Morgan fingerprint density at radius 1 is 1.24 bits per heavy atom. The molecule has 29 heavy (non-hydrogen) atoms. The number of aromatic amines is 1. The Kier molecular flexibility index (Phi) is 8.61. The van der Waals surface area contributed by atoms with Gasteiger partial charge in [0.05, 0.1) is 6.04 Å². The monoisotopic (exact) mass is 399 g/mol. The molecule has 1 aliphatic rings. The second kappa shape index (κ2) is 11.2. The Bertz CT molecular complexity index is 827. The van der Waals surface area contributed by atoms with Crippen LogP contribution < -0.4 is 5.56 Å². The topological polar surface area (TPSA) is 93.7 Å². The van der Waals surface area contributed by atoms with Crippen LogP contribution in [-0.2, 0) is 16.0 Å². The zero-order chi connectivity index (χ0) is 21.2. The Hall–Kier alpha value is -2.93. The van der Waals surface area contributed by atoms with Crippen LogP contribution >= 0.6 is 0 Å². The highest BCUT2D eigenvalue weighted by molar-refractivity contribution is 5.82. The van der Waals surface area contributed by atoms with E-state index in [1.807, 2.05) is 48.2 Å². The van der Waals surface area contributed by atoms with Gasteiger partial charge in [0.1, 0.15) is 0 Å². The molecule has 1 aliphatic heterocycles. The molecule has 3 rings (SSSR count). The van der Waals surface area contributed by atoms with E-state index in [1.54, 1.807) is 12.3 Å². The molecule has 0 radical (unpaired) electrons. The summed E-state index contributed by atoms with van der Waals surface area (Å²) in [6, 6.07) is 13.7. The number of hydrogen-bond donors (Lipinski definition) is 2. The van der Waals surface area contributed by atoms with Crippen LogP contribution in [0.5, 0.6) is 0 Å². The van der Waals surface area contributed by atoms with Crippen LogP contribution in [0.2, 0.25) is 0 Å². The Balaban J connectivity index is 0.000000941. The number of aromatic nitrogens is 1. The van der Waals surface area contributed by atoms with Crippen molar-refractivity contribution in [3.63, 3.8) is 0 Å². The molecule has 0 saturated carbocycles. The first kappa shape index (κ1) is 22.4. The fraction of sp³-hybridized carbons (Fsp3) is 0.409. The summed E-state index contributed by atoms with van der Waals surface area (Å²) in [7, 11) is 3.93. The lowest BCUT2D eigenvalue weighted by Gasteiger charge is -2.36. The standard InChI is InChI=1S/C21H27N3O2.CH2O2/c1-23(2)19(14-16-6-4-3-5-7-16)21(26)24-12-9-17(10-13-24)18-8-11-22-20(25)15-18;2-1-3/h3-8,11,15,17,19H,9-10,12-14H2,1-2H3,(H,22,25);1H,(H,2,3)/t19-;/m0./s1. The number of amides is 1. The van der Waals surface area contributed by atoms with Crippen molar-refractivity contribution in [2.75, 3.05) is 27.2 Å². The molecule has 2 aromatic rings. The van der Waals surface area contributed by atoms with Gasteiger partial charge in [-0.05, 0) is 56.5 Å². The highest BCUT2D eigenvalue weighted by Crippen LogP contribution is 2.27. The highest BCUT2D eigenvalue weighted by Gasteiger charge is 2.30. The predicted octanol–water partition coefficient (Wildman–Crippen LogP) is 1.95. The molecule has 0 spiro atoms. The van der Waals surface area contributed by atoms with Gasteiger partial charge in [-0.1, -0.05) is 30.3 Å². The highest BCUT2D eigenvalue weighted by atomic mass is 16.3. The smallest absolute Gasteiger partial charge is 0.290 e. The maximum Gasteiger partial charge on any atom is 0.290 e. The van der Waals surface area contributed by atoms with Crippen molar-refractivity contribution in [2.45, 2.75) is 31.2 Å². The van der Waals surface area contributed by atoms with Crippen molar-refractivity contribution < 1.29 is 14.7 Å². The molecule has 2 N–H and O–H groups in total. The summed E-state index contributed by atoms with van der Waals surface area (Å²) in [5.74, 6) is 0.552. The number of carbonyl (C=O) groups excluding carboxylic acids is 1. The summed E-state index contributed by atoms with van der Waals surface area (Å²) in [5.41, 5.74) is 2.20. The number of piperidine rings is 1. The summed E-state index contributed by atoms with van der Waals surface area (Å²) in [6.07, 6.45) is 4.24. The summed E-state index contributed by atoms with van der Waals surface area (Å²) in [6.45, 7) is 1.24. The summed E-state index contributed by atoms with van der Waals surface area (Å²) < 4.78 is 0. The number of benzene rings is 1. The second-order valence-electron chi connectivity index (χ2n) is 7.36. The van der Waals surface area contributed by atoms with Crippen LogP contribution in [0.4, 0.5) is 0 Å². The van der Waals surface area contributed by atoms with Crippen molar-refractivity contribution in [2.24, 2.45) is 0 Å². The van der Waals surface area contributed by atoms with Gasteiger partial charge in [-0.25, -0.2) is 0 Å². The minimum absolute atomic E-state index is 0.0588. The molecule has 7 nitrogen and oxygen atoms in total. The minimum atomic E-state index is -0.250. The maximum absolute atomic E-state index is 13.1. The molecular formula is C22H29N3O4. The van der Waals surface area contributed by atoms with Crippen molar-refractivity contribution >= 4 is 12.4 Å². The van der Waals surface area contributed by atoms with E-state index in [-0.39, 0.29) is 24.0 Å². The van der Waals surface area contributed by atoms with E-state index < -0.39 is 0 Å². The van der Waals surface area contributed by atoms with Crippen molar-refractivity contribution in [1.82, 2.24) is 14.8 Å². The fourth-order valence-electron chi connectivity index (χ4n) is 3.69. The van der Waals surface area contributed by atoms with E-state index in [4.69, 9.17) is 9.90 Å². The number of nitrogens with one attached hydrogen (secondary N) is 1. The number of hydrogen-bond acceptors (Lipinski definition) is 4. The molecule has 0 aliphatic carbocycles. The number of H-pyrrole nitrogens is 1. The molecule has 1 saturated heterocycles. The normalized spacial score (nSPS) is 15.3. The number of pyridine rings is 1. The van der Waals surface area contributed by atoms with Crippen LogP contribution in [0.25, 0.3) is 0 Å². The van der Waals surface area contributed by atoms with Crippen LogP contribution in [0, 0.1) is 0 Å². The fourth-order valence-corrected chi connectivity index (χ4v) is 3.69. The molecule has 1 aromatic carbocycles. The summed E-state index contributed by atoms with van der Waals surface area (Å²) >= 11 is 0. The first-order chi connectivity index (χ1) is 14.0. The lowest BCUT2D eigenvalue weighted by Crippen LogP contribution is -2.49. The van der Waals surface area contributed by atoms with Gasteiger partial charge in [0.15, 0.2) is 0 Å². The molecular weight excluding hydrogens is 370 g/mol. The minimum Gasteiger partial charge on any atom is -0.483 e. The average molecular weight is 399 g/mol. The van der Waals surface area contributed by atoms with Crippen molar-refractivity contribution in [3.8, 4) is 0 Å². The molecule has 1 aromatic heterocycles. The van der Waals surface area contributed by atoms with E-state index in [2.05, 4.69) is 17.1 Å². The van der Waals surface area contributed by atoms with Gasteiger partial charge in [-0.15, -0.1) is 0 Å². The number of nitrogens with zero attached hydrogens (tertiary/aromatic N) is 2. The quantitative estimate of drug-likeness (QED) is 0.750. The molecule has 7 heteroatoms. The lowest BCUT2D eigenvalue weighted by molar-refractivity contribution is -0.137. The number of likely N-dealkylation sites (tertiary alicyclic amines) is 1. The Labute approximate surface area is 171 Å². The third-order valence-electron chi connectivity index (χ3n) is 5.26. The van der Waals surface area contributed by atoms with E-state index in [9.17, 15) is 9.59 Å². The van der Waals surface area contributed by atoms with Gasteiger partial charge >= 0.3 is 0 Å². The SMILES string of the molecule is CN(C)[C@@H](Cc1ccccc1)C(=O)N1CCC(c2cc[nH]c(=O)c2)CC1.O=CO. The molecule has 0 unspecified atom stereocenters. The zero-order valence-electron chi connectivity index (χ0n) is 17.0. The van der Waals surface area contributed by atoms with E-state index in [0.29, 0.717) is 5.92 Å². The number of carbonyl (C=O) groups is 2.